The highest BCUT2D eigenvalue weighted by atomic mass is 127. The standard InChI is InChI=1S/C11H13N2.HI/c1-12-8-9-13(2)11(12)10-6-4-3-5-7-10;/h3-9H,1-2H3;1H/q+1;/p-1. The van der Waals surface area contributed by atoms with Crippen molar-refractivity contribution in [3.63, 3.8) is 0 Å². The molecule has 0 saturated heterocycles. The van der Waals surface area contributed by atoms with Gasteiger partial charge in [-0.1, -0.05) is 18.2 Å². The van der Waals surface area contributed by atoms with Gasteiger partial charge in [0.2, 0.25) is 0 Å². The monoisotopic (exact) mass is 300 g/mol. The van der Waals surface area contributed by atoms with E-state index in [1.165, 1.54) is 11.4 Å². The first-order valence-corrected chi connectivity index (χ1v) is 4.35. The Labute approximate surface area is 101 Å². The third-order valence-corrected chi connectivity index (χ3v) is 2.21. The Morgan fingerprint density at radius 2 is 1.79 bits per heavy atom. The predicted molar refractivity (Wildman–Crippen MR) is 52.0 cm³/mol. The number of aryl methyl sites for hydroxylation is 2. The zero-order valence-electron chi connectivity index (χ0n) is 8.31. The summed E-state index contributed by atoms with van der Waals surface area (Å²) in [6.07, 6.45) is 4.12. The maximum Gasteiger partial charge on any atom is 0.288 e. The van der Waals surface area contributed by atoms with Crippen molar-refractivity contribution < 1.29 is 28.5 Å². The molecule has 1 aromatic carbocycles. The summed E-state index contributed by atoms with van der Waals surface area (Å²) in [4.78, 5) is 0. The summed E-state index contributed by atoms with van der Waals surface area (Å²) < 4.78 is 4.24. The molecule has 0 saturated carbocycles. The minimum absolute atomic E-state index is 0. The van der Waals surface area contributed by atoms with Crippen LogP contribution in [0.2, 0.25) is 0 Å². The normalized spacial score (nSPS) is 9.57. The van der Waals surface area contributed by atoms with E-state index in [0.717, 1.165) is 0 Å². The summed E-state index contributed by atoms with van der Waals surface area (Å²) in [6, 6.07) is 10.4. The molecular weight excluding hydrogens is 287 g/mol. The largest absolute Gasteiger partial charge is 1.00 e. The molecule has 0 spiro atoms. The van der Waals surface area contributed by atoms with Crippen LogP contribution in [-0.4, -0.2) is 4.57 Å². The van der Waals surface area contributed by atoms with E-state index in [-0.39, 0.29) is 24.0 Å². The van der Waals surface area contributed by atoms with Crippen LogP contribution in [0.4, 0.5) is 0 Å². The average molecular weight is 300 g/mol. The van der Waals surface area contributed by atoms with Crippen LogP contribution < -0.4 is 28.5 Å². The fourth-order valence-electron chi connectivity index (χ4n) is 1.58. The molecule has 0 aliphatic rings. The van der Waals surface area contributed by atoms with E-state index in [0.29, 0.717) is 0 Å². The van der Waals surface area contributed by atoms with Gasteiger partial charge in [-0.15, -0.1) is 0 Å². The second-order valence-electron chi connectivity index (χ2n) is 3.21. The van der Waals surface area contributed by atoms with Crippen LogP contribution >= 0.6 is 0 Å². The van der Waals surface area contributed by atoms with Gasteiger partial charge in [-0.25, -0.2) is 9.13 Å². The molecule has 0 bridgehead atoms. The molecule has 0 amide bonds. The zero-order valence-corrected chi connectivity index (χ0v) is 10.5. The lowest BCUT2D eigenvalue weighted by molar-refractivity contribution is -0.659. The van der Waals surface area contributed by atoms with Gasteiger partial charge in [-0.05, 0) is 12.1 Å². The van der Waals surface area contributed by atoms with Gasteiger partial charge in [-0.2, -0.15) is 0 Å². The highest BCUT2D eigenvalue weighted by Crippen LogP contribution is 2.13. The van der Waals surface area contributed by atoms with E-state index >= 15 is 0 Å². The molecule has 1 heterocycles. The van der Waals surface area contributed by atoms with Gasteiger partial charge in [0.25, 0.3) is 5.82 Å². The number of aromatic nitrogens is 2. The van der Waals surface area contributed by atoms with Crippen LogP contribution in [0.3, 0.4) is 0 Å². The molecule has 0 unspecified atom stereocenters. The van der Waals surface area contributed by atoms with Gasteiger partial charge in [0.1, 0.15) is 12.4 Å². The van der Waals surface area contributed by atoms with E-state index in [1.807, 2.05) is 6.07 Å². The highest BCUT2D eigenvalue weighted by molar-refractivity contribution is 5.51. The van der Waals surface area contributed by atoms with Crippen molar-refractivity contribution in [3.05, 3.63) is 42.7 Å². The van der Waals surface area contributed by atoms with Crippen molar-refractivity contribution in [2.75, 3.05) is 0 Å². The van der Waals surface area contributed by atoms with E-state index in [1.54, 1.807) is 0 Å². The molecule has 1 aromatic heterocycles. The van der Waals surface area contributed by atoms with Gasteiger partial charge < -0.3 is 24.0 Å². The first-order chi connectivity index (χ1) is 6.29. The molecule has 0 fully saturated rings. The van der Waals surface area contributed by atoms with Crippen molar-refractivity contribution in [2.45, 2.75) is 0 Å². The smallest absolute Gasteiger partial charge is 0.288 e. The number of rotatable bonds is 1. The molecule has 74 valence electrons. The van der Waals surface area contributed by atoms with Gasteiger partial charge in [0.15, 0.2) is 0 Å². The Morgan fingerprint density at radius 3 is 2.29 bits per heavy atom. The van der Waals surface area contributed by atoms with Crippen LogP contribution in [0, 0.1) is 0 Å². The molecule has 0 atom stereocenters. The van der Waals surface area contributed by atoms with Crippen molar-refractivity contribution in [2.24, 2.45) is 14.1 Å². The Hall–Kier alpha value is -0.840. The average Bonchev–Trinajstić information content (AvgIpc) is 2.48. The molecule has 3 heteroatoms. The second kappa shape index (κ2) is 4.59. The summed E-state index contributed by atoms with van der Waals surface area (Å²) in [5, 5.41) is 0. The van der Waals surface area contributed by atoms with Gasteiger partial charge in [-0.3, -0.25) is 0 Å². The summed E-state index contributed by atoms with van der Waals surface area (Å²) >= 11 is 0. The Bertz CT molecular complexity index is 387. The van der Waals surface area contributed by atoms with E-state index in [2.05, 4.69) is 59.9 Å². The summed E-state index contributed by atoms with van der Waals surface area (Å²) in [5.74, 6) is 1.22. The number of nitrogens with zero attached hydrogens (tertiary/aromatic N) is 2. The molecule has 2 nitrogen and oxygen atoms in total. The summed E-state index contributed by atoms with van der Waals surface area (Å²) in [6.45, 7) is 0. The third-order valence-electron chi connectivity index (χ3n) is 2.21. The molecule has 2 rings (SSSR count). The van der Waals surface area contributed by atoms with Gasteiger partial charge in [0, 0.05) is 0 Å². The number of hydrogen-bond acceptors (Lipinski definition) is 0. The number of halogens is 1. The van der Waals surface area contributed by atoms with Crippen LogP contribution in [-0.2, 0) is 14.1 Å². The Morgan fingerprint density at radius 1 is 1.14 bits per heavy atom. The SMILES string of the molecule is Cn1cc[n+](C)c1-c1ccccc1.[I-]. The zero-order chi connectivity index (χ0) is 9.26. The van der Waals surface area contributed by atoms with Gasteiger partial charge >= 0.3 is 0 Å². The van der Waals surface area contributed by atoms with Crippen LogP contribution in [0.1, 0.15) is 0 Å². The van der Waals surface area contributed by atoms with Crippen molar-refractivity contribution in [1.82, 2.24) is 4.57 Å². The van der Waals surface area contributed by atoms with Crippen molar-refractivity contribution in [1.29, 1.82) is 0 Å². The molecule has 0 N–H and O–H groups in total. The fraction of sp³-hybridized carbons (Fsp3) is 0.182. The van der Waals surface area contributed by atoms with Crippen LogP contribution in [0.25, 0.3) is 11.4 Å². The van der Waals surface area contributed by atoms with Crippen molar-refractivity contribution in [3.8, 4) is 11.4 Å². The van der Waals surface area contributed by atoms with Gasteiger partial charge in [0.05, 0.1) is 19.7 Å². The van der Waals surface area contributed by atoms with E-state index in [4.69, 9.17) is 0 Å². The molecule has 14 heavy (non-hydrogen) atoms. The maximum absolute atomic E-state index is 2.12. The van der Waals surface area contributed by atoms with E-state index < -0.39 is 0 Å². The summed E-state index contributed by atoms with van der Waals surface area (Å²) in [5.41, 5.74) is 1.25. The van der Waals surface area contributed by atoms with E-state index in [9.17, 15) is 0 Å². The lowest BCUT2D eigenvalue weighted by atomic mass is 10.2. The quantitative estimate of drug-likeness (QED) is 0.449. The second-order valence-corrected chi connectivity index (χ2v) is 3.21. The Kier molecular flexibility index (Phi) is 3.69. The molecule has 2 aromatic rings. The predicted octanol–water partition coefficient (Wildman–Crippen LogP) is -1.48. The first kappa shape index (κ1) is 11.2. The lowest BCUT2D eigenvalue weighted by Gasteiger charge is -1.97. The molecule has 0 radical (unpaired) electrons. The van der Waals surface area contributed by atoms with Crippen molar-refractivity contribution >= 4 is 0 Å². The first-order valence-electron chi connectivity index (χ1n) is 4.35. The maximum atomic E-state index is 2.12. The lowest BCUT2D eigenvalue weighted by Crippen LogP contribution is -3.00. The molecular formula is C11H13IN2. The number of hydrogen-bond donors (Lipinski definition) is 0. The summed E-state index contributed by atoms with van der Waals surface area (Å²) in [7, 11) is 4.12. The fourth-order valence-corrected chi connectivity index (χ4v) is 1.58. The molecule has 0 aliphatic carbocycles. The van der Waals surface area contributed by atoms with Crippen LogP contribution in [0.15, 0.2) is 42.7 Å². The topological polar surface area (TPSA) is 8.81 Å². The minimum Gasteiger partial charge on any atom is -1.00 e. The Balaban J connectivity index is 0.000000980. The number of imidazole rings is 1. The minimum atomic E-state index is 0. The highest BCUT2D eigenvalue weighted by Gasteiger charge is 2.12. The third kappa shape index (κ3) is 1.97. The number of benzene rings is 1. The molecule has 0 aliphatic heterocycles. The van der Waals surface area contributed by atoms with Crippen LogP contribution in [0.5, 0.6) is 0 Å².